The van der Waals surface area contributed by atoms with E-state index in [1.807, 2.05) is 23.1 Å². The second kappa shape index (κ2) is 7.40. The van der Waals surface area contributed by atoms with Crippen molar-refractivity contribution in [3.05, 3.63) is 52.1 Å². The number of amides is 1. The number of carbonyl (C=O) groups is 3. The van der Waals surface area contributed by atoms with Gasteiger partial charge in [0.25, 0.3) is 0 Å². The van der Waals surface area contributed by atoms with Gasteiger partial charge in [0, 0.05) is 40.9 Å². The van der Waals surface area contributed by atoms with Crippen molar-refractivity contribution in [2.75, 3.05) is 11.4 Å². The molecule has 1 aliphatic carbocycles. The fraction of sp³-hybridized carbons (Fsp3) is 0.409. The Morgan fingerprint density at radius 3 is 2.46 bits per heavy atom. The van der Waals surface area contributed by atoms with Crippen LogP contribution in [0.3, 0.4) is 0 Å². The zero-order valence-electron chi connectivity index (χ0n) is 15.7. The van der Waals surface area contributed by atoms with Crippen LogP contribution in [0.15, 0.2) is 46.6 Å². The Labute approximate surface area is 154 Å². The van der Waals surface area contributed by atoms with Gasteiger partial charge in [-0.1, -0.05) is 18.2 Å². The largest absolute Gasteiger partial charge is 0.312 e. The van der Waals surface area contributed by atoms with Crippen molar-refractivity contribution in [1.82, 2.24) is 0 Å². The zero-order chi connectivity index (χ0) is 18.8. The van der Waals surface area contributed by atoms with E-state index < -0.39 is 0 Å². The van der Waals surface area contributed by atoms with Crippen LogP contribution in [0.2, 0.25) is 0 Å². The van der Waals surface area contributed by atoms with Crippen molar-refractivity contribution in [2.45, 2.75) is 52.9 Å². The van der Waals surface area contributed by atoms with Crippen LogP contribution in [-0.2, 0) is 20.8 Å². The van der Waals surface area contributed by atoms with E-state index >= 15 is 0 Å². The molecule has 136 valence electrons. The number of nitrogens with zero attached hydrogens (tertiary/aromatic N) is 1. The molecule has 0 atom stereocenters. The van der Waals surface area contributed by atoms with Gasteiger partial charge in [-0.3, -0.25) is 14.4 Å². The number of Topliss-reactive ketones (excluding diaryl/α,β-unsaturated/α-hetero) is 2. The number of aryl methyl sites for hydroxylation is 1. The quantitative estimate of drug-likeness (QED) is 0.772. The lowest BCUT2D eigenvalue weighted by atomic mass is 9.84. The van der Waals surface area contributed by atoms with Crippen LogP contribution in [0.1, 0.15) is 52.0 Å². The average molecular weight is 351 g/mol. The molecule has 0 fully saturated rings. The van der Waals surface area contributed by atoms with Crippen LogP contribution in [0.4, 0.5) is 5.69 Å². The summed E-state index contributed by atoms with van der Waals surface area (Å²) < 4.78 is 0. The molecule has 4 nitrogen and oxygen atoms in total. The molecule has 0 unspecified atom stereocenters. The highest BCUT2D eigenvalue weighted by Crippen LogP contribution is 2.29. The molecule has 1 amide bonds. The molecule has 26 heavy (non-hydrogen) atoms. The monoisotopic (exact) mass is 351 g/mol. The summed E-state index contributed by atoms with van der Waals surface area (Å²) in [4.78, 5) is 39.3. The third-order valence-electron chi connectivity index (χ3n) is 5.54. The number of rotatable bonds is 4. The van der Waals surface area contributed by atoms with E-state index in [1.165, 1.54) is 5.56 Å². The molecule has 0 radical (unpaired) electrons. The number of hydrogen-bond acceptors (Lipinski definition) is 3. The maximum absolute atomic E-state index is 12.7. The van der Waals surface area contributed by atoms with Gasteiger partial charge in [-0.05, 0) is 58.1 Å². The minimum Gasteiger partial charge on any atom is -0.312 e. The average Bonchev–Trinajstić information content (AvgIpc) is 2.67. The first-order valence-corrected chi connectivity index (χ1v) is 9.26. The van der Waals surface area contributed by atoms with Gasteiger partial charge in [-0.25, -0.2) is 0 Å². The summed E-state index contributed by atoms with van der Waals surface area (Å²) in [6.07, 6.45) is 3.42. The van der Waals surface area contributed by atoms with Gasteiger partial charge in [0.15, 0.2) is 11.6 Å². The summed E-state index contributed by atoms with van der Waals surface area (Å²) in [6.45, 7) is 5.87. The van der Waals surface area contributed by atoms with Gasteiger partial charge in [0.1, 0.15) is 0 Å². The lowest BCUT2D eigenvalue weighted by Crippen LogP contribution is -2.35. The van der Waals surface area contributed by atoms with Crippen molar-refractivity contribution in [1.29, 1.82) is 0 Å². The molecule has 1 aromatic carbocycles. The van der Waals surface area contributed by atoms with Gasteiger partial charge < -0.3 is 4.90 Å². The molecular formula is C22H25NO3. The van der Waals surface area contributed by atoms with E-state index in [0.717, 1.165) is 25.1 Å². The molecular weight excluding hydrogens is 326 g/mol. The summed E-state index contributed by atoms with van der Waals surface area (Å²) in [5.74, 6) is -0.00261. The predicted octanol–water partition coefficient (Wildman–Crippen LogP) is 3.94. The van der Waals surface area contributed by atoms with Gasteiger partial charge in [0.2, 0.25) is 5.91 Å². The summed E-state index contributed by atoms with van der Waals surface area (Å²) in [6, 6.07) is 8.04. The number of para-hydroxylation sites is 1. The normalized spacial score (nSPS) is 17.7. The van der Waals surface area contributed by atoms with Crippen LogP contribution >= 0.6 is 0 Å². The highest BCUT2D eigenvalue weighted by molar-refractivity contribution is 6.24. The van der Waals surface area contributed by atoms with E-state index in [2.05, 4.69) is 6.07 Å². The molecule has 0 spiro atoms. The second-order valence-electron chi connectivity index (χ2n) is 7.14. The Morgan fingerprint density at radius 2 is 1.69 bits per heavy atom. The Kier molecular flexibility index (Phi) is 5.21. The molecule has 0 saturated heterocycles. The van der Waals surface area contributed by atoms with Crippen LogP contribution in [-0.4, -0.2) is 24.0 Å². The van der Waals surface area contributed by atoms with E-state index in [1.54, 1.807) is 20.8 Å². The number of ketones is 2. The van der Waals surface area contributed by atoms with Gasteiger partial charge >= 0.3 is 0 Å². The van der Waals surface area contributed by atoms with Crippen molar-refractivity contribution < 1.29 is 14.4 Å². The fourth-order valence-corrected chi connectivity index (χ4v) is 3.80. The van der Waals surface area contributed by atoms with E-state index in [0.29, 0.717) is 41.6 Å². The van der Waals surface area contributed by atoms with E-state index in [-0.39, 0.29) is 17.5 Å². The Morgan fingerprint density at radius 1 is 1.00 bits per heavy atom. The topological polar surface area (TPSA) is 54.5 Å². The van der Waals surface area contributed by atoms with Crippen molar-refractivity contribution in [2.24, 2.45) is 0 Å². The standard InChI is InChI=1S/C22H25NO3/c1-14-15(2)22(26)18(16(3)21(14)25)10-6-12-20(24)23-13-7-9-17-8-4-5-11-19(17)23/h4-5,8,11H,6-7,9-10,12-13H2,1-3H3. The molecule has 0 bridgehead atoms. The van der Waals surface area contributed by atoms with E-state index in [4.69, 9.17) is 0 Å². The number of allylic oxidation sites excluding steroid dienone is 4. The molecule has 0 N–H and O–H groups in total. The third kappa shape index (κ3) is 3.28. The van der Waals surface area contributed by atoms with Crippen molar-refractivity contribution in [3.63, 3.8) is 0 Å². The number of anilines is 1. The van der Waals surface area contributed by atoms with Crippen LogP contribution in [0.25, 0.3) is 0 Å². The first-order valence-electron chi connectivity index (χ1n) is 9.26. The molecule has 1 aromatic rings. The lowest BCUT2D eigenvalue weighted by Gasteiger charge is -2.29. The Hall–Kier alpha value is -2.49. The molecule has 1 heterocycles. The van der Waals surface area contributed by atoms with E-state index in [9.17, 15) is 14.4 Å². The molecule has 3 rings (SSSR count). The second-order valence-corrected chi connectivity index (χ2v) is 7.14. The van der Waals surface area contributed by atoms with Gasteiger partial charge in [-0.15, -0.1) is 0 Å². The lowest BCUT2D eigenvalue weighted by molar-refractivity contribution is -0.119. The summed E-state index contributed by atoms with van der Waals surface area (Å²) in [7, 11) is 0. The highest BCUT2D eigenvalue weighted by atomic mass is 16.2. The minimum atomic E-state index is -0.0478. The molecule has 1 aliphatic heterocycles. The summed E-state index contributed by atoms with van der Waals surface area (Å²) >= 11 is 0. The van der Waals surface area contributed by atoms with Crippen molar-refractivity contribution >= 4 is 23.2 Å². The van der Waals surface area contributed by atoms with Crippen LogP contribution in [0.5, 0.6) is 0 Å². The Bertz CT molecular complexity index is 845. The van der Waals surface area contributed by atoms with Gasteiger partial charge in [-0.2, -0.15) is 0 Å². The van der Waals surface area contributed by atoms with Crippen molar-refractivity contribution in [3.8, 4) is 0 Å². The molecule has 0 aromatic heterocycles. The van der Waals surface area contributed by atoms with Gasteiger partial charge in [0.05, 0.1) is 0 Å². The number of benzene rings is 1. The third-order valence-corrected chi connectivity index (χ3v) is 5.54. The molecule has 0 saturated carbocycles. The molecule has 2 aliphatic rings. The highest BCUT2D eigenvalue weighted by Gasteiger charge is 2.28. The zero-order valence-corrected chi connectivity index (χ0v) is 15.7. The number of fused-ring (bicyclic) bond motifs is 1. The first-order chi connectivity index (χ1) is 12.4. The smallest absolute Gasteiger partial charge is 0.226 e. The molecule has 4 heteroatoms. The fourth-order valence-electron chi connectivity index (χ4n) is 3.80. The van der Waals surface area contributed by atoms with Crippen LogP contribution in [0, 0.1) is 0 Å². The predicted molar refractivity (Wildman–Crippen MR) is 102 cm³/mol. The SMILES string of the molecule is CC1=C(C)C(=O)C(CCCC(=O)N2CCCc3ccccc32)=C(C)C1=O. The number of carbonyl (C=O) groups excluding carboxylic acids is 3. The minimum absolute atomic E-state index is 0.0460. The maximum Gasteiger partial charge on any atom is 0.226 e. The first kappa shape index (κ1) is 18.3. The van der Waals surface area contributed by atoms with Crippen LogP contribution < -0.4 is 4.90 Å². The summed E-state index contributed by atoms with van der Waals surface area (Å²) in [5, 5.41) is 0. The summed E-state index contributed by atoms with van der Waals surface area (Å²) in [5.41, 5.74) is 4.41. The maximum atomic E-state index is 12.7. The number of hydrogen-bond donors (Lipinski definition) is 0. The Balaban J connectivity index is 1.65.